The SMILES string of the molecule is CCCC/C=C/C1CC(=O)N1. The minimum Gasteiger partial charge on any atom is -0.349 e. The van der Waals surface area contributed by atoms with E-state index in [1.165, 1.54) is 12.8 Å². The second-order valence-corrected chi connectivity index (χ2v) is 2.95. The van der Waals surface area contributed by atoms with Crippen molar-refractivity contribution >= 4 is 5.91 Å². The highest BCUT2D eigenvalue weighted by molar-refractivity contribution is 5.83. The second-order valence-electron chi connectivity index (χ2n) is 2.95. The number of hydrogen-bond acceptors (Lipinski definition) is 1. The number of carbonyl (C=O) groups excluding carboxylic acids is 1. The van der Waals surface area contributed by atoms with Gasteiger partial charge in [0.25, 0.3) is 0 Å². The van der Waals surface area contributed by atoms with Crippen LogP contribution in [-0.4, -0.2) is 11.9 Å². The molecule has 2 heteroatoms. The fourth-order valence-electron chi connectivity index (χ4n) is 1.08. The highest BCUT2D eigenvalue weighted by Crippen LogP contribution is 2.06. The monoisotopic (exact) mass is 153 g/mol. The molecule has 1 saturated heterocycles. The Morgan fingerprint density at radius 1 is 1.73 bits per heavy atom. The summed E-state index contributed by atoms with van der Waals surface area (Å²) in [5.74, 6) is 0.176. The fourth-order valence-corrected chi connectivity index (χ4v) is 1.08. The molecule has 2 nitrogen and oxygen atoms in total. The van der Waals surface area contributed by atoms with Crippen LogP contribution in [0.25, 0.3) is 0 Å². The highest BCUT2D eigenvalue weighted by Gasteiger charge is 2.21. The van der Waals surface area contributed by atoms with Crippen molar-refractivity contribution in [2.75, 3.05) is 0 Å². The minimum absolute atomic E-state index is 0.176. The summed E-state index contributed by atoms with van der Waals surface area (Å²) >= 11 is 0. The first-order valence-electron chi connectivity index (χ1n) is 4.29. The van der Waals surface area contributed by atoms with Gasteiger partial charge in [0.1, 0.15) is 0 Å². The number of allylic oxidation sites excluding steroid dienone is 1. The molecule has 0 radical (unpaired) electrons. The van der Waals surface area contributed by atoms with Crippen LogP contribution in [0, 0.1) is 0 Å². The van der Waals surface area contributed by atoms with Crippen LogP contribution in [0.3, 0.4) is 0 Å². The Morgan fingerprint density at radius 3 is 3.00 bits per heavy atom. The molecule has 0 saturated carbocycles. The molecule has 1 heterocycles. The maximum absolute atomic E-state index is 10.5. The zero-order valence-electron chi connectivity index (χ0n) is 6.97. The van der Waals surface area contributed by atoms with E-state index in [0.717, 1.165) is 6.42 Å². The summed E-state index contributed by atoms with van der Waals surface area (Å²) in [6.07, 6.45) is 8.56. The van der Waals surface area contributed by atoms with E-state index in [-0.39, 0.29) is 5.91 Å². The van der Waals surface area contributed by atoms with Crippen molar-refractivity contribution in [3.8, 4) is 0 Å². The standard InChI is InChI=1S/C9H15NO/c1-2-3-4-5-6-8-7-9(11)10-8/h5-6,8H,2-4,7H2,1H3,(H,10,11)/b6-5+. The van der Waals surface area contributed by atoms with Gasteiger partial charge in [-0.25, -0.2) is 0 Å². The molecule has 0 aromatic carbocycles. The molecule has 1 aliphatic heterocycles. The van der Waals surface area contributed by atoms with Crippen LogP contribution < -0.4 is 5.32 Å². The molecule has 0 aromatic heterocycles. The molecule has 1 rings (SSSR count). The van der Waals surface area contributed by atoms with E-state index in [4.69, 9.17) is 0 Å². The predicted octanol–water partition coefficient (Wildman–Crippen LogP) is 1.62. The molecule has 11 heavy (non-hydrogen) atoms. The first kappa shape index (κ1) is 8.31. The van der Waals surface area contributed by atoms with Crippen LogP contribution in [0.5, 0.6) is 0 Å². The van der Waals surface area contributed by atoms with Gasteiger partial charge in [0, 0.05) is 0 Å². The molecule has 1 fully saturated rings. The lowest BCUT2D eigenvalue weighted by molar-refractivity contribution is -0.127. The summed E-state index contributed by atoms with van der Waals surface area (Å²) in [5, 5.41) is 2.79. The Balaban J connectivity index is 2.02. The fraction of sp³-hybridized carbons (Fsp3) is 0.667. The molecule has 62 valence electrons. The third-order valence-corrected chi connectivity index (χ3v) is 1.84. The van der Waals surface area contributed by atoms with Gasteiger partial charge in [-0.2, -0.15) is 0 Å². The number of rotatable bonds is 4. The average molecular weight is 153 g/mol. The Morgan fingerprint density at radius 2 is 2.45 bits per heavy atom. The van der Waals surface area contributed by atoms with Gasteiger partial charge in [-0.15, -0.1) is 0 Å². The van der Waals surface area contributed by atoms with Gasteiger partial charge in [0.2, 0.25) is 5.91 Å². The van der Waals surface area contributed by atoms with Gasteiger partial charge >= 0.3 is 0 Å². The molecule has 1 atom stereocenters. The van der Waals surface area contributed by atoms with Gasteiger partial charge < -0.3 is 5.32 Å². The van der Waals surface area contributed by atoms with E-state index >= 15 is 0 Å². The predicted molar refractivity (Wildman–Crippen MR) is 45.2 cm³/mol. The van der Waals surface area contributed by atoms with Gasteiger partial charge in [-0.3, -0.25) is 4.79 Å². The van der Waals surface area contributed by atoms with Crippen LogP contribution in [0.15, 0.2) is 12.2 Å². The van der Waals surface area contributed by atoms with Crippen LogP contribution in [0.2, 0.25) is 0 Å². The van der Waals surface area contributed by atoms with Crippen molar-refractivity contribution in [1.82, 2.24) is 5.32 Å². The van der Waals surface area contributed by atoms with Gasteiger partial charge in [-0.1, -0.05) is 31.9 Å². The minimum atomic E-state index is 0.176. The van der Waals surface area contributed by atoms with E-state index in [2.05, 4.69) is 24.4 Å². The van der Waals surface area contributed by atoms with Gasteiger partial charge in [0.05, 0.1) is 12.5 Å². The van der Waals surface area contributed by atoms with E-state index in [1.807, 2.05) is 0 Å². The lowest BCUT2D eigenvalue weighted by Crippen LogP contribution is -2.46. The molecule has 0 spiro atoms. The average Bonchev–Trinajstić information content (AvgIpc) is 1.94. The molecule has 1 amide bonds. The number of hydrogen-bond donors (Lipinski definition) is 1. The Kier molecular flexibility index (Phi) is 3.14. The molecule has 0 aliphatic carbocycles. The summed E-state index contributed by atoms with van der Waals surface area (Å²) in [5.41, 5.74) is 0. The number of nitrogens with one attached hydrogen (secondary N) is 1. The van der Waals surface area contributed by atoms with Crippen molar-refractivity contribution in [3.63, 3.8) is 0 Å². The smallest absolute Gasteiger partial charge is 0.222 e. The molecule has 0 aromatic rings. The Hall–Kier alpha value is -0.790. The Bertz CT molecular complexity index is 155. The van der Waals surface area contributed by atoms with Crippen LogP contribution >= 0.6 is 0 Å². The maximum atomic E-state index is 10.5. The number of β-lactam (4-membered cyclic amide) rings is 1. The summed E-state index contributed by atoms with van der Waals surface area (Å²) in [7, 11) is 0. The number of unbranched alkanes of at least 4 members (excludes halogenated alkanes) is 2. The summed E-state index contributed by atoms with van der Waals surface area (Å²) < 4.78 is 0. The topological polar surface area (TPSA) is 29.1 Å². The first-order valence-corrected chi connectivity index (χ1v) is 4.29. The van der Waals surface area contributed by atoms with E-state index in [1.54, 1.807) is 0 Å². The first-order chi connectivity index (χ1) is 5.33. The zero-order chi connectivity index (χ0) is 8.10. The quantitative estimate of drug-likeness (QED) is 0.371. The molecular weight excluding hydrogens is 138 g/mol. The van der Waals surface area contributed by atoms with E-state index < -0.39 is 0 Å². The summed E-state index contributed by atoms with van der Waals surface area (Å²) in [6, 6.07) is 0.333. The normalized spacial score (nSPS) is 23.4. The van der Waals surface area contributed by atoms with E-state index in [9.17, 15) is 4.79 Å². The maximum Gasteiger partial charge on any atom is 0.222 e. The highest BCUT2D eigenvalue weighted by atomic mass is 16.2. The van der Waals surface area contributed by atoms with Crippen LogP contribution in [0.1, 0.15) is 32.6 Å². The Labute approximate surface area is 67.7 Å². The van der Waals surface area contributed by atoms with Gasteiger partial charge in [0.15, 0.2) is 0 Å². The van der Waals surface area contributed by atoms with Crippen molar-refractivity contribution < 1.29 is 4.79 Å². The molecule has 1 unspecified atom stereocenters. The number of carbonyl (C=O) groups is 1. The second kappa shape index (κ2) is 4.16. The lowest BCUT2D eigenvalue weighted by atomic mass is 10.1. The molecule has 1 aliphatic rings. The zero-order valence-corrected chi connectivity index (χ0v) is 6.97. The van der Waals surface area contributed by atoms with Crippen molar-refractivity contribution in [2.45, 2.75) is 38.6 Å². The van der Waals surface area contributed by atoms with Crippen molar-refractivity contribution in [1.29, 1.82) is 0 Å². The van der Waals surface area contributed by atoms with Crippen LogP contribution in [-0.2, 0) is 4.79 Å². The number of amides is 1. The lowest BCUT2D eigenvalue weighted by Gasteiger charge is -2.23. The largest absolute Gasteiger partial charge is 0.349 e. The van der Waals surface area contributed by atoms with Crippen molar-refractivity contribution in [2.24, 2.45) is 0 Å². The summed E-state index contributed by atoms with van der Waals surface area (Å²) in [4.78, 5) is 10.5. The van der Waals surface area contributed by atoms with Crippen molar-refractivity contribution in [3.05, 3.63) is 12.2 Å². The molecule has 1 N–H and O–H groups in total. The summed E-state index contributed by atoms with van der Waals surface area (Å²) in [6.45, 7) is 2.18. The third kappa shape index (κ3) is 2.74. The third-order valence-electron chi connectivity index (χ3n) is 1.84. The molecule has 0 bridgehead atoms. The van der Waals surface area contributed by atoms with Crippen LogP contribution in [0.4, 0.5) is 0 Å². The molecular formula is C9H15NO. The van der Waals surface area contributed by atoms with Gasteiger partial charge in [-0.05, 0) is 6.42 Å². The van der Waals surface area contributed by atoms with E-state index in [0.29, 0.717) is 12.5 Å².